The highest BCUT2D eigenvalue weighted by Gasteiger charge is 2.37. The zero-order valence-corrected chi connectivity index (χ0v) is 21.2. The Morgan fingerprint density at radius 2 is 1.62 bits per heavy atom. The van der Waals surface area contributed by atoms with Crippen LogP contribution in [0.25, 0.3) is 0 Å². The van der Waals surface area contributed by atoms with Gasteiger partial charge in [0.15, 0.2) is 0 Å². The topological polar surface area (TPSA) is 70.2 Å². The van der Waals surface area contributed by atoms with Crippen LogP contribution in [0.2, 0.25) is 0 Å². The number of anilines is 2. The Morgan fingerprint density at radius 3 is 2.30 bits per heavy atom. The van der Waals surface area contributed by atoms with Gasteiger partial charge in [0.05, 0.1) is 7.11 Å². The fraction of sp³-hybridized carbons (Fsp3) is 0.300. The molecule has 1 fully saturated rings. The minimum Gasteiger partial charge on any atom is -0.497 e. The SMILES string of the molecule is COc1ccc(C(=O)N2Cc3ccccc3C[C@H]2C(=O)N(C)c2ccc(N3CCCCC3=O)cc2)cc1. The molecule has 3 amide bonds. The van der Waals surface area contributed by atoms with Crippen molar-refractivity contribution in [2.45, 2.75) is 38.3 Å². The first-order valence-corrected chi connectivity index (χ1v) is 12.7. The van der Waals surface area contributed by atoms with E-state index in [4.69, 9.17) is 4.74 Å². The van der Waals surface area contributed by atoms with Crippen molar-refractivity contribution in [1.82, 2.24) is 4.90 Å². The van der Waals surface area contributed by atoms with Gasteiger partial charge in [0.2, 0.25) is 11.8 Å². The van der Waals surface area contributed by atoms with E-state index >= 15 is 0 Å². The predicted octanol–water partition coefficient (Wildman–Crippen LogP) is 4.44. The van der Waals surface area contributed by atoms with Gasteiger partial charge < -0.3 is 19.4 Å². The lowest BCUT2D eigenvalue weighted by atomic mass is 9.92. The third-order valence-corrected chi connectivity index (χ3v) is 7.33. The molecule has 2 aliphatic rings. The van der Waals surface area contributed by atoms with Crippen molar-refractivity contribution in [1.29, 1.82) is 0 Å². The molecule has 7 nitrogen and oxygen atoms in total. The fourth-order valence-electron chi connectivity index (χ4n) is 5.14. The maximum Gasteiger partial charge on any atom is 0.254 e. The number of carbonyl (C=O) groups excluding carboxylic acids is 3. The van der Waals surface area contributed by atoms with Crippen molar-refractivity contribution in [2.24, 2.45) is 0 Å². The molecule has 3 aromatic rings. The summed E-state index contributed by atoms with van der Waals surface area (Å²) in [6.45, 7) is 1.08. The molecule has 3 aromatic carbocycles. The molecule has 7 heteroatoms. The Morgan fingerprint density at radius 1 is 0.919 bits per heavy atom. The van der Waals surface area contributed by atoms with Gasteiger partial charge in [-0.15, -0.1) is 0 Å². The van der Waals surface area contributed by atoms with Gasteiger partial charge in [0.25, 0.3) is 5.91 Å². The molecular formula is C30H31N3O4. The number of hydrogen-bond acceptors (Lipinski definition) is 4. The molecule has 5 rings (SSSR count). The molecular weight excluding hydrogens is 466 g/mol. The number of carbonyl (C=O) groups is 3. The number of likely N-dealkylation sites (N-methyl/N-ethyl adjacent to an activating group) is 1. The van der Waals surface area contributed by atoms with Gasteiger partial charge >= 0.3 is 0 Å². The summed E-state index contributed by atoms with van der Waals surface area (Å²) in [5.74, 6) is 0.459. The first kappa shape index (κ1) is 24.6. The fourth-order valence-corrected chi connectivity index (χ4v) is 5.14. The molecule has 2 aliphatic heterocycles. The van der Waals surface area contributed by atoms with Gasteiger partial charge in [0, 0.05) is 49.9 Å². The number of methoxy groups -OCH3 is 1. The average molecular weight is 498 g/mol. The summed E-state index contributed by atoms with van der Waals surface area (Å²) in [6.07, 6.45) is 2.94. The van der Waals surface area contributed by atoms with Crippen LogP contribution in [0, 0.1) is 0 Å². The normalized spacial score (nSPS) is 17.2. The molecule has 37 heavy (non-hydrogen) atoms. The Bertz CT molecular complexity index is 1300. The Labute approximate surface area is 217 Å². The van der Waals surface area contributed by atoms with Crippen molar-refractivity contribution in [3.63, 3.8) is 0 Å². The van der Waals surface area contributed by atoms with E-state index in [1.54, 1.807) is 48.2 Å². The van der Waals surface area contributed by atoms with Crippen LogP contribution in [0.4, 0.5) is 11.4 Å². The summed E-state index contributed by atoms with van der Waals surface area (Å²) >= 11 is 0. The van der Waals surface area contributed by atoms with Crippen LogP contribution in [-0.2, 0) is 22.6 Å². The third kappa shape index (κ3) is 4.94. The number of nitrogens with zero attached hydrogens (tertiary/aromatic N) is 3. The van der Waals surface area contributed by atoms with E-state index in [9.17, 15) is 14.4 Å². The number of amides is 3. The van der Waals surface area contributed by atoms with Crippen LogP contribution in [-0.4, -0.2) is 49.4 Å². The summed E-state index contributed by atoms with van der Waals surface area (Å²) in [6, 6.07) is 21.8. The van der Waals surface area contributed by atoms with Crippen LogP contribution in [0.15, 0.2) is 72.8 Å². The summed E-state index contributed by atoms with van der Waals surface area (Å²) < 4.78 is 5.23. The minimum absolute atomic E-state index is 0.136. The molecule has 1 saturated heterocycles. The van der Waals surface area contributed by atoms with Crippen LogP contribution < -0.4 is 14.5 Å². The molecule has 0 unspecified atom stereocenters. The largest absolute Gasteiger partial charge is 0.497 e. The number of rotatable bonds is 5. The van der Waals surface area contributed by atoms with Gasteiger partial charge in [-0.05, 0) is 72.5 Å². The number of ether oxygens (including phenoxy) is 1. The van der Waals surface area contributed by atoms with Crippen molar-refractivity contribution in [3.8, 4) is 5.75 Å². The molecule has 190 valence electrons. The first-order valence-electron chi connectivity index (χ1n) is 12.7. The van der Waals surface area contributed by atoms with Crippen molar-refractivity contribution in [2.75, 3.05) is 30.5 Å². The van der Waals surface area contributed by atoms with E-state index < -0.39 is 6.04 Å². The lowest BCUT2D eigenvalue weighted by molar-refractivity contribution is -0.123. The molecule has 0 saturated carbocycles. The summed E-state index contributed by atoms with van der Waals surface area (Å²) in [5.41, 5.74) is 4.20. The van der Waals surface area contributed by atoms with Crippen LogP contribution >= 0.6 is 0 Å². The Balaban J connectivity index is 1.40. The van der Waals surface area contributed by atoms with Crippen LogP contribution in [0.3, 0.4) is 0 Å². The standard InChI is InChI=1S/C30H31N3O4/c1-31(24-12-14-25(15-13-24)32-18-6-5-9-28(32)34)30(36)27-19-22-7-3-4-8-23(22)20-33(27)29(35)21-10-16-26(37-2)17-11-21/h3-4,7-8,10-17,27H,5-6,9,18-20H2,1-2H3/t27-/m0/s1. The number of benzene rings is 3. The van der Waals surface area contributed by atoms with E-state index in [1.165, 1.54) is 0 Å². The summed E-state index contributed by atoms with van der Waals surface area (Å²) in [4.78, 5) is 44.8. The van der Waals surface area contributed by atoms with E-state index in [0.29, 0.717) is 36.4 Å². The average Bonchev–Trinajstić information content (AvgIpc) is 2.95. The third-order valence-electron chi connectivity index (χ3n) is 7.33. The molecule has 0 radical (unpaired) electrons. The maximum absolute atomic E-state index is 13.8. The summed E-state index contributed by atoms with van der Waals surface area (Å²) in [5, 5.41) is 0. The second-order valence-corrected chi connectivity index (χ2v) is 9.57. The summed E-state index contributed by atoms with van der Waals surface area (Å²) in [7, 11) is 3.32. The number of piperidine rings is 1. The van der Waals surface area contributed by atoms with E-state index in [0.717, 1.165) is 36.2 Å². The Kier molecular flexibility index (Phi) is 6.95. The van der Waals surface area contributed by atoms with Crippen molar-refractivity contribution < 1.29 is 19.1 Å². The van der Waals surface area contributed by atoms with Gasteiger partial charge in [-0.2, -0.15) is 0 Å². The van der Waals surface area contributed by atoms with E-state index in [-0.39, 0.29) is 17.7 Å². The second-order valence-electron chi connectivity index (χ2n) is 9.57. The zero-order chi connectivity index (χ0) is 25.9. The predicted molar refractivity (Wildman–Crippen MR) is 143 cm³/mol. The smallest absolute Gasteiger partial charge is 0.254 e. The van der Waals surface area contributed by atoms with E-state index in [1.807, 2.05) is 53.4 Å². The number of hydrogen-bond donors (Lipinski definition) is 0. The lowest BCUT2D eigenvalue weighted by Crippen LogP contribution is -2.53. The van der Waals surface area contributed by atoms with E-state index in [2.05, 4.69) is 0 Å². The highest BCUT2D eigenvalue weighted by molar-refractivity contribution is 6.03. The van der Waals surface area contributed by atoms with Crippen LogP contribution in [0.1, 0.15) is 40.7 Å². The van der Waals surface area contributed by atoms with Crippen molar-refractivity contribution in [3.05, 3.63) is 89.5 Å². The highest BCUT2D eigenvalue weighted by atomic mass is 16.5. The molecule has 1 atom stereocenters. The highest BCUT2D eigenvalue weighted by Crippen LogP contribution is 2.29. The quantitative estimate of drug-likeness (QED) is 0.523. The molecule has 0 aromatic heterocycles. The van der Waals surface area contributed by atoms with Gasteiger partial charge in [-0.3, -0.25) is 14.4 Å². The maximum atomic E-state index is 13.8. The lowest BCUT2D eigenvalue weighted by Gasteiger charge is -2.38. The second kappa shape index (κ2) is 10.5. The number of fused-ring (bicyclic) bond motifs is 1. The van der Waals surface area contributed by atoms with Gasteiger partial charge in [-0.25, -0.2) is 0 Å². The molecule has 0 aliphatic carbocycles. The van der Waals surface area contributed by atoms with Crippen molar-refractivity contribution >= 4 is 29.1 Å². The molecule has 0 N–H and O–H groups in total. The zero-order valence-electron chi connectivity index (χ0n) is 21.2. The monoisotopic (exact) mass is 497 g/mol. The first-order chi connectivity index (χ1) is 18.0. The van der Waals surface area contributed by atoms with Gasteiger partial charge in [0.1, 0.15) is 11.8 Å². The molecule has 0 bridgehead atoms. The van der Waals surface area contributed by atoms with Gasteiger partial charge in [-0.1, -0.05) is 24.3 Å². The van der Waals surface area contributed by atoms with Crippen LogP contribution in [0.5, 0.6) is 5.75 Å². The Hall–Kier alpha value is -4.13. The molecule has 0 spiro atoms. The minimum atomic E-state index is -0.641. The molecule has 2 heterocycles.